The van der Waals surface area contributed by atoms with Crippen LogP contribution in [0.1, 0.15) is 21.5 Å². The van der Waals surface area contributed by atoms with Crippen molar-refractivity contribution in [2.75, 3.05) is 0 Å². The zero-order valence-corrected chi connectivity index (χ0v) is 6.96. The number of hydrogen-bond donors (Lipinski definition) is 2. The minimum Gasteiger partial charge on any atom is -0.507 e. The van der Waals surface area contributed by atoms with E-state index in [2.05, 4.69) is 0 Å². The van der Waals surface area contributed by atoms with Crippen LogP contribution in [0.4, 0.5) is 0 Å². The van der Waals surface area contributed by atoms with E-state index in [-0.39, 0.29) is 17.1 Å². The maximum atomic E-state index is 10.4. The summed E-state index contributed by atoms with van der Waals surface area (Å²) in [4.78, 5) is 10.4. The number of aromatic hydroxyl groups is 2. The number of benzene rings is 1. The summed E-state index contributed by atoms with van der Waals surface area (Å²) < 4.78 is 0. The van der Waals surface area contributed by atoms with E-state index in [1.165, 1.54) is 6.07 Å². The Bertz CT molecular complexity index is 329. The summed E-state index contributed by atoms with van der Waals surface area (Å²) in [7, 11) is 0. The van der Waals surface area contributed by atoms with E-state index in [1.54, 1.807) is 13.8 Å². The topological polar surface area (TPSA) is 57.5 Å². The van der Waals surface area contributed by atoms with E-state index in [4.69, 9.17) is 0 Å². The molecule has 0 atom stereocenters. The first-order chi connectivity index (χ1) is 5.57. The summed E-state index contributed by atoms with van der Waals surface area (Å²) in [6, 6.07) is 1.37. The van der Waals surface area contributed by atoms with Crippen molar-refractivity contribution in [2.45, 2.75) is 13.8 Å². The van der Waals surface area contributed by atoms with Crippen LogP contribution in [0.5, 0.6) is 11.5 Å². The van der Waals surface area contributed by atoms with Gasteiger partial charge in [0.05, 0.1) is 5.56 Å². The third kappa shape index (κ3) is 1.13. The minimum atomic E-state index is -0.0854. The summed E-state index contributed by atoms with van der Waals surface area (Å²) in [5.41, 5.74) is 1.14. The maximum absolute atomic E-state index is 10.4. The molecule has 0 saturated carbocycles. The van der Waals surface area contributed by atoms with E-state index in [0.29, 0.717) is 17.4 Å². The Kier molecular flexibility index (Phi) is 2.04. The monoisotopic (exact) mass is 166 g/mol. The van der Waals surface area contributed by atoms with Crippen LogP contribution in [0, 0.1) is 13.8 Å². The fourth-order valence-electron chi connectivity index (χ4n) is 1.12. The quantitative estimate of drug-likeness (QED) is 0.491. The Hall–Kier alpha value is -1.51. The second-order valence-electron chi connectivity index (χ2n) is 2.72. The van der Waals surface area contributed by atoms with Crippen LogP contribution in [-0.2, 0) is 0 Å². The summed E-state index contributed by atoms with van der Waals surface area (Å²) >= 11 is 0. The molecule has 3 nitrogen and oxygen atoms in total. The number of carbonyl (C=O) groups is 1. The summed E-state index contributed by atoms with van der Waals surface area (Å²) in [5.74, 6) is -0.0206. The third-order valence-electron chi connectivity index (χ3n) is 1.88. The smallest absolute Gasteiger partial charge is 0.154 e. The molecule has 0 amide bonds. The third-order valence-corrected chi connectivity index (χ3v) is 1.88. The molecule has 64 valence electrons. The molecule has 0 aromatic heterocycles. The standard InChI is InChI=1S/C9H10O3/c1-5-3-8(11)7(4-10)6(2)9(5)12/h3-4,11-12H,1-2H3. The average molecular weight is 166 g/mol. The van der Waals surface area contributed by atoms with Crippen LogP contribution in [0.2, 0.25) is 0 Å². The van der Waals surface area contributed by atoms with Crippen molar-refractivity contribution in [3.63, 3.8) is 0 Å². The maximum Gasteiger partial charge on any atom is 0.154 e. The van der Waals surface area contributed by atoms with Crippen LogP contribution >= 0.6 is 0 Å². The number of carbonyl (C=O) groups excluding carboxylic acids is 1. The molecule has 0 aliphatic heterocycles. The molecular formula is C9H10O3. The zero-order chi connectivity index (χ0) is 9.30. The molecule has 1 aromatic rings. The van der Waals surface area contributed by atoms with Gasteiger partial charge in [-0.25, -0.2) is 0 Å². The lowest BCUT2D eigenvalue weighted by molar-refractivity contribution is 0.112. The lowest BCUT2D eigenvalue weighted by Crippen LogP contribution is -1.90. The van der Waals surface area contributed by atoms with Crippen molar-refractivity contribution in [1.29, 1.82) is 0 Å². The van der Waals surface area contributed by atoms with Crippen LogP contribution in [0.15, 0.2) is 6.07 Å². The van der Waals surface area contributed by atoms with E-state index in [9.17, 15) is 15.0 Å². The molecule has 0 aliphatic rings. The van der Waals surface area contributed by atoms with Gasteiger partial charge in [-0.15, -0.1) is 0 Å². The first-order valence-corrected chi connectivity index (χ1v) is 3.55. The number of aldehydes is 1. The molecular weight excluding hydrogens is 156 g/mol. The number of aryl methyl sites for hydroxylation is 1. The van der Waals surface area contributed by atoms with Gasteiger partial charge in [0.2, 0.25) is 0 Å². The van der Waals surface area contributed by atoms with E-state index >= 15 is 0 Å². The first kappa shape index (κ1) is 8.59. The highest BCUT2D eigenvalue weighted by Gasteiger charge is 2.10. The average Bonchev–Trinajstić information content (AvgIpc) is 2.01. The van der Waals surface area contributed by atoms with Gasteiger partial charge in [-0.2, -0.15) is 0 Å². The van der Waals surface area contributed by atoms with Gasteiger partial charge in [0, 0.05) is 5.56 Å². The lowest BCUT2D eigenvalue weighted by atomic mass is 10.0. The summed E-state index contributed by atoms with van der Waals surface area (Å²) in [6.07, 6.45) is 0.532. The Balaban J connectivity index is 3.51. The molecule has 1 rings (SSSR count). The molecule has 0 fully saturated rings. The van der Waals surface area contributed by atoms with Gasteiger partial charge in [-0.3, -0.25) is 4.79 Å². The predicted molar refractivity (Wildman–Crippen MR) is 44.6 cm³/mol. The Labute approximate surface area is 70.3 Å². The van der Waals surface area contributed by atoms with Gasteiger partial charge in [0.15, 0.2) is 6.29 Å². The molecule has 0 heterocycles. The number of rotatable bonds is 1. The van der Waals surface area contributed by atoms with Crippen molar-refractivity contribution in [1.82, 2.24) is 0 Å². The highest BCUT2D eigenvalue weighted by molar-refractivity contribution is 5.83. The van der Waals surface area contributed by atoms with Crippen LogP contribution in [-0.4, -0.2) is 16.5 Å². The van der Waals surface area contributed by atoms with Crippen LogP contribution in [0.3, 0.4) is 0 Å². The zero-order valence-electron chi connectivity index (χ0n) is 6.96. The van der Waals surface area contributed by atoms with Gasteiger partial charge < -0.3 is 10.2 Å². The van der Waals surface area contributed by atoms with Crippen molar-refractivity contribution < 1.29 is 15.0 Å². The molecule has 1 aromatic carbocycles. The summed E-state index contributed by atoms with van der Waals surface area (Å²) in [6.45, 7) is 3.25. The highest BCUT2D eigenvalue weighted by Crippen LogP contribution is 2.30. The fourth-order valence-corrected chi connectivity index (χ4v) is 1.12. The van der Waals surface area contributed by atoms with Crippen LogP contribution < -0.4 is 0 Å². The predicted octanol–water partition coefficient (Wildman–Crippen LogP) is 1.53. The number of phenols is 2. The van der Waals surface area contributed by atoms with Gasteiger partial charge in [-0.05, 0) is 25.5 Å². The normalized spacial score (nSPS) is 9.83. The van der Waals surface area contributed by atoms with Gasteiger partial charge in [0.25, 0.3) is 0 Å². The lowest BCUT2D eigenvalue weighted by Gasteiger charge is -2.06. The molecule has 2 N–H and O–H groups in total. The number of phenolic OH excluding ortho intramolecular Hbond substituents is 2. The highest BCUT2D eigenvalue weighted by atomic mass is 16.3. The molecule has 0 radical (unpaired) electrons. The Morgan fingerprint density at radius 3 is 2.42 bits per heavy atom. The van der Waals surface area contributed by atoms with E-state index in [0.717, 1.165) is 0 Å². The minimum absolute atomic E-state index is 0.0647. The second-order valence-corrected chi connectivity index (χ2v) is 2.72. The van der Waals surface area contributed by atoms with Crippen molar-refractivity contribution in [3.8, 4) is 11.5 Å². The molecule has 0 spiro atoms. The molecule has 0 aliphatic carbocycles. The fraction of sp³-hybridized carbons (Fsp3) is 0.222. The summed E-state index contributed by atoms with van der Waals surface area (Å²) in [5, 5.41) is 18.6. The second kappa shape index (κ2) is 2.85. The van der Waals surface area contributed by atoms with E-state index < -0.39 is 0 Å². The van der Waals surface area contributed by atoms with Crippen molar-refractivity contribution in [2.24, 2.45) is 0 Å². The molecule has 0 bridgehead atoms. The number of hydrogen-bond acceptors (Lipinski definition) is 3. The van der Waals surface area contributed by atoms with Crippen LogP contribution in [0.25, 0.3) is 0 Å². The first-order valence-electron chi connectivity index (χ1n) is 3.55. The molecule has 3 heteroatoms. The molecule has 0 saturated heterocycles. The molecule has 12 heavy (non-hydrogen) atoms. The SMILES string of the molecule is Cc1cc(O)c(C=O)c(C)c1O. The Morgan fingerprint density at radius 2 is 1.92 bits per heavy atom. The van der Waals surface area contributed by atoms with E-state index in [1.807, 2.05) is 0 Å². The Morgan fingerprint density at radius 1 is 1.33 bits per heavy atom. The van der Waals surface area contributed by atoms with Gasteiger partial charge in [-0.1, -0.05) is 0 Å². The molecule has 0 unspecified atom stereocenters. The van der Waals surface area contributed by atoms with Gasteiger partial charge >= 0.3 is 0 Å². The largest absolute Gasteiger partial charge is 0.507 e. The van der Waals surface area contributed by atoms with Gasteiger partial charge in [0.1, 0.15) is 11.5 Å². The van der Waals surface area contributed by atoms with Crippen molar-refractivity contribution in [3.05, 3.63) is 22.8 Å². The van der Waals surface area contributed by atoms with Crippen molar-refractivity contribution >= 4 is 6.29 Å².